The predicted octanol–water partition coefficient (Wildman–Crippen LogP) is 4.25. The topological polar surface area (TPSA) is 29.1 Å². The minimum absolute atomic E-state index is 0.0198. The fourth-order valence-corrected chi connectivity index (χ4v) is 3.78. The quantitative estimate of drug-likeness (QED) is 0.799. The van der Waals surface area contributed by atoms with Gasteiger partial charge in [-0.2, -0.15) is 0 Å². The number of nitrogens with one attached hydrogen (secondary N) is 1. The number of halogens is 1. The number of rotatable bonds is 5. The third-order valence-corrected chi connectivity index (χ3v) is 5.49. The Morgan fingerprint density at radius 1 is 1.30 bits per heavy atom. The Hall–Kier alpha value is -0.830. The first kappa shape index (κ1) is 15.6. The molecule has 3 heteroatoms. The summed E-state index contributed by atoms with van der Waals surface area (Å²) < 4.78 is 0. The van der Waals surface area contributed by atoms with E-state index in [9.17, 15) is 4.79 Å². The van der Waals surface area contributed by atoms with E-state index < -0.39 is 0 Å². The van der Waals surface area contributed by atoms with E-state index in [4.69, 9.17) is 0 Å². The largest absolute Gasteiger partial charge is 0.355 e. The zero-order valence-electron chi connectivity index (χ0n) is 12.1. The lowest BCUT2D eigenvalue weighted by Crippen LogP contribution is -2.37. The van der Waals surface area contributed by atoms with Crippen molar-refractivity contribution in [3.63, 3.8) is 0 Å². The zero-order valence-corrected chi connectivity index (χ0v) is 13.7. The summed E-state index contributed by atoms with van der Waals surface area (Å²) in [4.78, 5) is 13.0. The van der Waals surface area contributed by atoms with Gasteiger partial charge in [-0.3, -0.25) is 4.79 Å². The number of hydrogen-bond donors (Lipinski definition) is 1. The molecule has 2 rings (SSSR count). The molecular weight excluding hydrogens is 314 g/mol. The monoisotopic (exact) mass is 337 g/mol. The van der Waals surface area contributed by atoms with Crippen molar-refractivity contribution in [3.8, 4) is 0 Å². The van der Waals surface area contributed by atoms with Crippen LogP contribution < -0.4 is 5.32 Å². The van der Waals surface area contributed by atoms with E-state index >= 15 is 0 Å². The molecule has 1 amide bonds. The second-order valence-electron chi connectivity index (χ2n) is 5.68. The highest BCUT2D eigenvalue weighted by Gasteiger charge is 2.24. The highest BCUT2D eigenvalue weighted by Crippen LogP contribution is 2.29. The summed E-state index contributed by atoms with van der Waals surface area (Å²) in [7, 11) is 0. The van der Waals surface area contributed by atoms with Crippen LogP contribution in [0, 0.1) is 5.92 Å². The summed E-state index contributed by atoms with van der Waals surface area (Å²) in [5, 5.41) is 3.16. The predicted molar refractivity (Wildman–Crippen MR) is 87.2 cm³/mol. The summed E-state index contributed by atoms with van der Waals surface area (Å²) >= 11 is 3.75. The van der Waals surface area contributed by atoms with Gasteiger partial charge in [0.05, 0.1) is 5.92 Å². The molecule has 1 saturated carbocycles. The third kappa shape index (κ3) is 4.08. The van der Waals surface area contributed by atoms with Gasteiger partial charge in [0.2, 0.25) is 5.91 Å². The number of carbonyl (C=O) groups is 1. The minimum atomic E-state index is -0.0198. The number of amides is 1. The Morgan fingerprint density at radius 3 is 2.65 bits per heavy atom. The first-order valence-electron chi connectivity index (χ1n) is 7.69. The van der Waals surface area contributed by atoms with E-state index in [1.165, 1.54) is 25.7 Å². The van der Waals surface area contributed by atoms with Crippen molar-refractivity contribution in [1.29, 1.82) is 0 Å². The van der Waals surface area contributed by atoms with Crippen molar-refractivity contribution in [2.45, 2.75) is 49.8 Å². The lowest BCUT2D eigenvalue weighted by atomic mass is 9.88. The summed E-state index contributed by atoms with van der Waals surface area (Å²) in [6.45, 7) is 2.88. The van der Waals surface area contributed by atoms with Crippen LogP contribution in [0.4, 0.5) is 0 Å². The fourth-order valence-electron chi connectivity index (χ4n) is 3.01. The van der Waals surface area contributed by atoms with Crippen molar-refractivity contribution in [3.05, 3.63) is 35.9 Å². The van der Waals surface area contributed by atoms with Crippen LogP contribution in [0.5, 0.6) is 0 Å². The first-order valence-corrected chi connectivity index (χ1v) is 8.60. The second-order valence-corrected chi connectivity index (χ2v) is 6.85. The van der Waals surface area contributed by atoms with Gasteiger partial charge in [-0.25, -0.2) is 0 Å². The molecule has 2 nitrogen and oxygen atoms in total. The number of benzene rings is 1. The molecule has 0 saturated heterocycles. The molecule has 0 heterocycles. The van der Waals surface area contributed by atoms with Gasteiger partial charge in [0.15, 0.2) is 0 Å². The lowest BCUT2D eigenvalue weighted by Gasteiger charge is -2.28. The Bertz CT molecular complexity index is 420. The van der Waals surface area contributed by atoms with Crippen LogP contribution in [0.2, 0.25) is 0 Å². The lowest BCUT2D eigenvalue weighted by molar-refractivity contribution is -0.122. The molecule has 0 bridgehead atoms. The van der Waals surface area contributed by atoms with Crippen LogP contribution in [-0.4, -0.2) is 17.3 Å². The molecule has 1 aromatic carbocycles. The molecule has 3 atom stereocenters. The van der Waals surface area contributed by atoms with Gasteiger partial charge in [-0.15, -0.1) is 0 Å². The molecule has 1 fully saturated rings. The maximum absolute atomic E-state index is 12.4. The average Bonchev–Trinajstić information content (AvgIpc) is 2.48. The number of hydrogen-bond acceptors (Lipinski definition) is 1. The van der Waals surface area contributed by atoms with Crippen molar-refractivity contribution >= 4 is 21.8 Å². The molecule has 110 valence electrons. The van der Waals surface area contributed by atoms with Gasteiger partial charge >= 0.3 is 0 Å². The fraction of sp³-hybridized carbons (Fsp3) is 0.588. The van der Waals surface area contributed by atoms with Crippen LogP contribution in [0.1, 0.15) is 50.5 Å². The van der Waals surface area contributed by atoms with E-state index in [2.05, 4.69) is 28.2 Å². The highest BCUT2D eigenvalue weighted by atomic mass is 79.9. The molecule has 0 aromatic heterocycles. The Balaban J connectivity index is 1.89. The molecule has 0 radical (unpaired) electrons. The van der Waals surface area contributed by atoms with Crippen LogP contribution in [0.15, 0.2) is 30.3 Å². The van der Waals surface area contributed by atoms with Crippen LogP contribution in [-0.2, 0) is 4.79 Å². The van der Waals surface area contributed by atoms with E-state index in [-0.39, 0.29) is 11.8 Å². The van der Waals surface area contributed by atoms with Gasteiger partial charge in [0.25, 0.3) is 0 Å². The third-order valence-electron chi connectivity index (χ3n) is 4.28. The summed E-state index contributed by atoms with van der Waals surface area (Å²) in [5.41, 5.74) is 1.12. The Labute approximate surface area is 130 Å². The van der Waals surface area contributed by atoms with Gasteiger partial charge in [0, 0.05) is 11.4 Å². The molecule has 1 aliphatic carbocycles. The van der Waals surface area contributed by atoms with Crippen molar-refractivity contribution in [1.82, 2.24) is 5.32 Å². The molecule has 3 unspecified atom stereocenters. The van der Waals surface area contributed by atoms with Gasteiger partial charge in [-0.05, 0) is 30.7 Å². The van der Waals surface area contributed by atoms with Crippen molar-refractivity contribution in [2.24, 2.45) is 5.92 Å². The second kappa shape index (κ2) is 7.82. The summed E-state index contributed by atoms with van der Waals surface area (Å²) in [6, 6.07) is 10.1. The van der Waals surface area contributed by atoms with Crippen LogP contribution in [0.25, 0.3) is 0 Å². The smallest absolute Gasteiger partial charge is 0.227 e. The molecule has 1 aliphatic rings. The maximum Gasteiger partial charge on any atom is 0.227 e. The first-order chi connectivity index (χ1) is 9.72. The maximum atomic E-state index is 12.4. The van der Waals surface area contributed by atoms with E-state index in [1.807, 2.05) is 30.3 Å². The summed E-state index contributed by atoms with van der Waals surface area (Å²) in [5.74, 6) is 0.735. The summed E-state index contributed by atoms with van der Waals surface area (Å²) in [6.07, 6.45) is 5.90. The standard InChI is InChI=1S/C17H24BrNO/c1-2-15(13-8-4-3-5-9-13)17(20)19-12-14-10-6-7-11-16(14)18/h3-5,8-9,14-16H,2,6-7,10-12H2,1H3,(H,19,20). The van der Waals surface area contributed by atoms with Crippen LogP contribution >= 0.6 is 15.9 Å². The molecule has 1 N–H and O–H groups in total. The molecule has 1 aromatic rings. The van der Waals surface area contributed by atoms with Crippen molar-refractivity contribution < 1.29 is 4.79 Å². The van der Waals surface area contributed by atoms with E-state index in [1.54, 1.807) is 0 Å². The van der Waals surface area contributed by atoms with Crippen molar-refractivity contribution in [2.75, 3.05) is 6.54 Å². The van der Waals surface area contributed by atoms with Gasteiger partial charge < -0.3 is 5.32 Å². The Morgan fingerprint density at radius 2 is 2.00 bits per heavy atom. The Kier molecular flexibility index (Phi) is 6.08. The van der Waals surface area contributed by atoms with Gasteiger partial charge in [0.1, 0.15) is 0 Å². The molecule has 0 spiro atoms. The normalized spacial score (nSPS) is 24.1. The van der Waals surface area contributed by atoms with Gasteiger partial charge in [-0.1, -0.05) is 66.0 Å². The van der Waals surface area contributed by atoms with Crippen LogP contribution in [0.3, 0.4) is 0 Å². The SMILES string of the molecule is CCC(C(=O)NCC1CCCCC1Br)c1ccccc1. The molecular formula is C17H24BrNO. The molecule has 20 heavy (non-hydrogen) atoms. The number of carbonyl (C=O) groups excluding carboxylic acids is 1. The van der Waals surface area contributed by atoms with E-state index in [0.717, 1.165) is 18.5 Å². The number of alkyl halides is 1. The minimum Gasteiger partial charge on any atom is -0.355 e. The highest BCUT2D eigenvalue weighted by molar-refractivity contribution is 9.09. The molecule has 0 aliphatic heterocycles. The zero-order chi connectivity index (χ0) is 14.4. The van der Waals surface area contributed by atoms with E-state index in [0.29, 0.717) is 10.7 Å². The average molecular weight is 338 g/mol.